The van der Waals surface area contributed by atoms with Gasteiger partial charge in [0.25, 0.3) is 0 Å². The molecule has 0 saturated heterocycles. The predicted octanol–water partition coefficient (Wildman–Crippen LogP) is 26.3. The highest BCUT2D eigenvalue weighted by Gasteiger charge is 2.20. The zero-order valence-corrected chi connectivity index (χ0v) is 56.8. The Hall–Kier alpha value is -1.85. The Morgan fingerprint density at radius 1 is 0.229 bits per heavy atom. The fourth-order valence-corrected chi connectivity index (χ4v) is 12.0. The van der Waals surface area contributed by atoms with Crippen LogP contribution < -0.4 is 0 Å². The number of unbranched alkanes of at least 4 members (excludes halogenated alkanes) is 59. The van der Waals surface area contributed by atoms with Gasteiger partial charge in [0.15, 0.2) is 6.10 Å². The molecule has 0 rings (SSSR count). The Kier molecular flexibility index (Phi) is 71.0. The van der Waals surface area contributed by atoms with Gasteiger partial charge in [-0.3, -0.25) is 14.4 Å². The molecule has 0 fully saturated rings. The topological polar surface area (TPSA) is 78.9 Å². The Morgan fingerprint density at radius 3 is 0.602 bits per heavy atom. The number of hydrogen-bond donors (Lipinski definition) is 0. The summed E-state index contributed by atoms with van der Waals surface area (Å²) in [5.74, 6) is -0.831. The zero-order valence-electron chi connectivity index (χ0n) is 56.8. The van der Waals surface area contributed by atoms with Crippen LogP contribution in [0.25, 0.3) is 0 Å². The van der Waals surface area contributed by atoms with Crippen LogP contribution in [-0.4, -0.2) is 37.2 Å². The molecule has 492 valence electrons. The fourth-order valence-electron chi connectivity index (χ4n) is 12.0. The van der Waals surface area contributed by atoms with Gasteiger partial charge >= 0.3 is 17.9 Å². The molecule has 0 N–H and O–H groups in total. The van der Waals surface area contributed by atoms with Crippen LogP contribution >= 0.6 is 0 Å². The molecule has 0 saturated carbocycles. The van der Waals surface area contributed by atoms with E-state index >= 15 is 0 Å². The minimum atomic E-state index is -0.769. The quantitative estimate of drug-likeness (QED) is 0.0261. The Balaban J connectivity index is 4.13. The molecule has 1 atom stereocenters. The van der Waals surface area contributed by atoms with Crippen LogP contribution in [0.5, 0.6) is 0 Å². The van der Waals surface area contributed by atoms with Gasteiger partial charge in [-0.25, -0.2) is 0 Å². The number of esters is 3. The molecule has 83 heavy (non-hydrogen) atoms. The highest BCUT2D eigenvalue weighted by Crippen LogP contribution is 2.20. The summed E-state index contributed by atoms with van der Waals surface area (Å²) in [5, 5.41) is 0. The summed E-state index contributed by atoms with van der Waals surface area (Å²) in [6, 6.07) is 0. The van der Waals surface area contributed by atoms with E-state index in [0.29, 0.717) is 19.3 Å². The van der Waals surface area contributed by atoms with Gasteiger partial charge in [0, 0.05) is 19.3 Å². The van der Waals surface area contributed by atoms with Crippen molar-refractivity contribution >= 4 is 17.9 Å². The summed E-state index contributed by atoms with van der Waals surface area (Å²) in [6.07, 6.45) is 88.4. The first-order valence-corrected chi connectivity index (χ1v) is 38.2. The molecule has 0 aliphatic heterocycles. The van der Waals surface area contributed by atoms with Gasteiger partial charge in [0.2, 0.25) is 0 Å². The summed E-state index contributed by atoms with van der Waals surface area (Å²) >= 11 is 0. The molecule has 0 aromatic carbocycles. The van der Waals surface area contributed by atoms with Crippen LogP contribution in [0, 0.1) is 0 Å². The van der Waals surface area contributed by atoms with Crippen LogP contribution in [0.2, 0.25) is 0 Å². The maximum absolute atomic E-state index is 13.0. The molecule has 0 heterocycles. The van der Waals surface area contributed by atoms with Gasteiger partial charge in [0.1, 0.15) is 13.2 Å². The monoisotopic (exact) mass is 1170 g/mol. The lowest BCUT2D eigenvalue weighted by Crippen LogP contribution is -2.30. The molecule has 6 nitrogen and oxygen atoms in total. The van der Waals surface area contributed by atoms with Crippen molar-refractivity contribution < 1.29 is 28.6 Å². The average Bonchev–Trinajstić information content (AvgIpc) is 3.50. The van der Waals surface area contributed by atoms with Crippen LogP contribution in [0.15, 0.2) is 12.2 Å². The smallest absolute Gasteiger partial charge is 0.306 e. The van der Waals surface area contributed by atoms with Crippen molar-refractivity contribution in [2.75, 3.05) is 13.2 Å². The molecule has 0 radical (unpaired) electrons. The van der Waals surface area contributed by atoms with Gasteiger partial charge in [-0.1, -0.05) is 392 Å². The maximum atomic E-state index is 13.0. The summed E-state index contributed by atoms with van der Waals surface area (Å²) in [5.41, 5.74) is 0. The van der Waals surface area contributed by atoms with Gasteiger partial charge in [0.05, 0.1) is 0 Å². The normalized spacial score (nSPS) is 12.0. The number of ether oxygens (including phenoxy) is 3. The number of carbonyl (C=O) groups excluding carboxylic acids is 3. The standard InChI is InChI=1S/C77H148O6/c1-4-7-10-13-16-19-22-25-28-30-32-33-34-35-36-37-38-39-40-41-42-43-44-45-47-49-52-55-58-61-64-67-70-76(79)82-73-74(72-81-75(78)69-66-63-60-57-54-51-48-27-24-21-18-15-12-9-6-3)83-77(80)71-68-65-62-59-56-53-50-46-31-29-26-23-20-17-14-11-8-5-2/h29,31,74H,4-28,30,32-73H2,1-3H3/b31-29-. The van der Waals surface area contributed by atoms with Crippen LogP contribution in [-0.2, 0) is 28.6 Å². The third-order valence-electron chi connectivity index (χ3n) is 17.8. The number of allylic oxidation sites excluding steroid dienone is 2. The molecule has 6 heteroatoms. The molecule has 0 spiro atoms. The van der Waals surface area contributed by atoms with Crippen molar-refractivity contribution in [2.24, 2.45) is 0 Å². The van der Waals surface area contributed by atoms with E-state index in [-0.39, 0.29) is 31.1 Å². The second-order valence-corrected chi connectivity index (χ2v) is 26.3. The lowest BCUT2D eigenvalue weighted by molar-refractivity contribution is -0.167. The second-order valence-electron chi connectivity index (χ2n) is 26.3. The molecule has 0 aromatic heterocycles. The number of rotatable bonds is 72. The highest BCUT2D eigenvalue weighted by atomic mass is 16.6. The SMILES string of the molecule is CCCCCCCCC/C=C\CCCCCCCCCC(=O)OC(COC(=O)CCCCCCCCCCCCCCCCC)COC(=O)CCCCCCCCCCCCCCCCCCCCCCCCCCCCCCCCCC. The minimum absolute atomic E-state index is 0.0647. The molecule has 0 bridgehead atoms. The van der Waals surface area contributed by atoms with Crippen molar-refractivity contribution in [1.29, 1.82) is 0 Å². The lowest BCUT2D eigenvalue weighted by atomic mass is 10.0. The van der Waals surface area contributed by atoms with Crippen LogP contribution in [0.4, 0.5) is 0 Å². The third kappa shape index (κ3) is 70.8. The largest absolute Gasteiger partial charge is 0.462 e. The van der Waals surface area contributed by atoms with Crippen LogP contribution in [0.3, 0.4) is 0 Å². The highest BCUT2D eigenvalue weighted by molar-refractivity contribution is 5.71. The molecule has 0 aliphatic rings. The van der Waals surface area contributed by atoms with Gasteiger partial charge in [-0.15, -0.1) is 0 Å². The Labute approximate surface area is 520 Å². The zero-order chi connectivity index (χ0) is 59.9. The van der Waals surface area contributed by atoms with E-state index < -0.39 is 6.10 Å². The number of hydrogen-bond acceptors (Lipinski definition) is 6. The third-order valence-corrected chi connectivity index (χ3v) is 17.8. The van der Waals surface area contributed by atoms with Crippen molar-refractivity contribution in [3.05, 3.63) is 12.2 Å². The molecule has 0 aromatic rings. The van der Waals surface area contributed by atoms with E-state index in [1.165, 1.54) is 347 Å². The van der Waals surface area contributed by atoms with E-state index in [4.69, 9.17) is 14.2 Å². The molecular formula is C77H148O6. The van der Waals surface area contributed by atoms with E-state index in [2.05, 4.69) is 32.9 Å². The van der Waals surface area contributed by atoms with Gasteiger partial charge in [-0.05, 0) is 44.9 Å². The van der Waals surface area contributed by atoms with Crippen LogP contribution in [0.1, 0.15) is 445 Å². The number of carbonyl (C=O) groups is 3. The van der Waals surface area contributed by atoms with Crippen molar-refractivity contribution in [2.45, 2.75) is 451 Å². The second kappa shape index (κ2) is 72.6. The first kappa shape index (κ1) is 81.2. The Bertz CT molecular complexity index is 1300. The molecule has 1 unspecified atom stereocenters. The van der Waals surface area contributed by atoms with Crippen molar-refractivity contribution in [3.8, 4) is 0 Å². The summed E-state index contributed by atoms with van der Waals surface area (Å²) in [7, 11) is 0. The summed E-state index contributed by atoms with van der Waals surface area (Å²) < 4.78 is 17.0. The summed E-state index contributed by atoms with van der Waals surface area (Å²) in [6.45, 7) is 6.73. The maximum Gasteiger partial charge on any atom is 0.306 e. The first-order chi connectivity index (χ1) is 41.0. The fraction of sp³-hybridized carbons (Fsp3) is 0.935. The average molecular weight is 1170 g/mol. The van der Waals surface area contributed by atoms with E-state index in [0.717, 1.165) is 57.8 Å². The lowest BCUT2D eigenvalue weighted by Gasteiger charge is -2.18. The van der Waals surface area contributed by atoms with E-state index in [9.17, 15) is 14.4 Å². The van der Waals surface area contributed by atoms with Gasteiger partial charge in [-0.2, -0.15) is 0 Å². The van der Waals surface area contributed by atoms with Gasteiger partial charge < -0.3 is 14.2 Å². The summed E-state index contributed by atoms with van der Waals surface area (Å²) in [4.78, 5) is 38.5. The first-order valence-electron chi connectivity index (χ1n) is 38.2. The molecule has 0 aliphatic carbocycles. The molecular weight excluding hydrogens is 1020 g/mol. The van der Waals surface area contributed by atoms with E-state index in [1.54, 1.807) is 0 Å². The Morgan fingerprint density at radius 2 is 0.398 bits per heavy atom. The van der Waals surface area contributed by atoms with Crippen molar-refractivity contribution in [1.82, 2.24) is 0 Å². The predicted molar refractivity (Wildman–Crippen MR) is 363 cm³/mol. The molecule has 0 amide bonds. The minimum Gasteiger partial charge on any atom is -0.462 e. The van der Waals surface area contributed by atoms with E-state index in [1.807, 2.05) is 0 Å². The van der Waals surface area contributed by atoms with Crippen molar-refractivity contribution in [3.63, 3.8) is 0 Å².